The largest absolute Gasteiger partial charge is 0.387 e. The third kappa shape index (κ3) is 4.06. The van der Waals surface area contributed by atoms with Gasteiger partial charge in [-0.25, -0.2) is 4.39 Å². The highest BCUT2D eigenvalue weighted by atomic mass is 19.1. The summed E-state index contributed by atoms with van der Waals surface area (Å²) in [6.07, 6.45) is 1.71. The lowest BCUT2D eigenvalue weighted by molar-refractivity contribution is -0.121. The van der Waals surface area contributed by atoms with Crippen molar-refractivity contribution in [1.82, 2.24) is 9.88 Å². The molecule has 4 nitrogen and oxygen atoms in total. The third-order valence-corrected chi connectivity index (χ3v) is 4.37. The van der Waals surface area contributed by atoms with E-state index in [4.69, 9.17) is 0 Å². The van der Waals surface area contributed by atoms with Crippen LogP contribution in [0.25, 0.3) is 10.9 Å². The fraction of sp³-hybridized carbons (Fsp3) is 0.250. The van der Waals surface area contributed by atoms with Gasteiger partial charge in [-0.15, -0.1) is 0 Å². The number of halogens is 1. The quantitative estimate of drug-likeness (QED) is 0.724. The Morgan fingerprint density at radius 1 is 1.24 bits per heavy atom. The lowest BCUT2D eigenvalue weighted by Crippen LogP contribution is -2.28. The first-order valence-corrected chi connectivity index (χ1v) is 8.28. The van der Waals surface area contributed by atoms with Crippen molar-refractivity contribution >= 4 is 16.8 Å². The summed E-state index contributed by atoms with van der Waals surface area (Å²) in [4.78, 5) is 11.9. The van der Waals surface area contributed by atoms with Crippen LogP contribution in [0.5, 0.6) is 0 Å². The highest BCUT2D eigenvalue weighted by Gasteiger charge is 2.11. The van der Waals surface area contributed by atoms with Crippen LogP contribution in [0, 0.1) is 5.82 Å². The lowest BCUT2D eigenvalue weighted by atomic mass is 10.1. The highest BCUT2D eigenvalue weighted by Crippen LogP contribution is 2.20. The number of rotatable bonds is 6. The summed E-state index contributed by atoms with van der Waals surface area (Å²) in [5, 5.41) is 14.0. The smallest absolute Gasteiger partial charge is 0.220 e. The number of carbonyl (C=O) groups excluding carboxylic acids is 1. The summed E-state index contributed by atoms with van der Waals surface area (Å²) in [6, 6.07) is 14.2. The van der Waals surface area contributed by atoms with E-state index < -0.39 is 6.10 Å². The Kier molecular flexibility index (Phi) is 5.14. The third-order valence-electron chi connectivity index (χ3n) is 4.37. The number of aliphatic hydroxyl groups excluding tert-OH is 1. The van der Waals surface area contributed by atoms with Gasteiger partial charge < -0.3 is 15.0 Å². The molecule has 1 heterocycles. The van der Waals surface area contributed by atoms with Gasteiger partial charge in [0.2, 0.25) is 5.91 Å². The summed E-state index contributed by atoms with van der Waals surface area (Å²) in [5.41, 5.74) is 2.37. The van der Waals surface area contributed by atoms with Crippen molar-refractivity contribution in [2.24, 2.45) is 7.05 Å². The number of nitrogens with zero attached hydrogens (tertiary/aromatic N) is 1. The Labute approximate surface area is 145 Å². The van der Waals surface area contributed by atoms with Crippen molar-refractivity contribution in [1.29, 1.82) is 0 Å². The van der Waals surface area contributed by atoms with Gasteiger partial charge in [-0.2, -0.15) is 0 Å². The first-order chi connectivity index (χ1) is 12.0. The predicted molar refractivity (Wildman–Crippen MR) is 95.6 cm³/mol. The maximum absolute atomic E-state index is 13.5. The molecular weight excluding hydrogens is 319 g/mol. The summed E-state index contributed by atoms with van der Waals surface area (Å²) in [5.74, 6) is -0.505. The number of amides is 1. The van der Waals surface area contributed by atoms with Crippen molar-refractivity contribution in [3.05, 3.63) is 71.7 Å². The maximum Gasteiger partial charge on any atom is 0.220 e. The molecule has 2 aromatic carbocycles. The SMILES string of the molecule is Cn1ccc2cc(C(O)CNC(=O)CCc3ccccc3F)ccc21. The van der Waals surface area contributed by atoms with Crippen molar-refractivity contribution in [2.45, 2.75) is 18.9 Å². The van der Waals surface area contributed by atoms with E-state index in [1.165, 1.54) is 6.07 Å². The van der Waals surface area contributed by atoms with E-state index in [-0.39, 0.29) is 24.7 Å². The molecule has 0 saturated carbocycles. The average Bonchev–Trinajstić information content (AvgIpc) is 2.99. The molecule has 0 radical (unpaired) electrons. The lowest BCUT2D eigenvalue weighted by Gasteiger charge is -2.13. The van der Waals surface area contributed by atoms with Gasteiger partial charge in [0, 0.05) is 31.7 Å². The van der Waals surface area contributed by atoms with Gasteiger partial charge in [0.05, 0.1) is 6.10 Å². The summed E-state index contributed by atoms with van der Waals surface area (Å²) >= 11 is 0. The van der Waals surface area contributed by atoms with Gasteiger partial charge >= 0.3 is 0 Å². The number of fused-ring (bicyclic) bond motifs is 1. The summed E-state index contributed by atoms with van der Waals surface area (Å²) < 4.78 is 15.5. The normalized spacial score (nSPS) is 12.3. The molecule has 0 fully saturated rings. The van der Waals surface area contributed by atoms with Gasteiger partial charge in [-0.05, 0) is 47.2 Å². The van der Waals surface area contributed by atoms with E-state index >= 15 is 0 Å². The van der Waals surface area contributed by atoms with Gasteiger partial charge in [0.1, 0.15) is 5.82 Å². The minimum Gasteiger partial charge on any atom is -0.387 e. The molecule has 1 atom stereocenters. The number of nitrogens with one attached hydrogen (secondary N) is 1. The molecule has 5 heteroatoms. The second kappa shape index (κ2) is 7.49. The van der Waals surface area contributed by atoms with E-state index in [1.807, 2.05) is 42.1 Å². The number of benzene rings is 2. The molecule has 0 saturated heterocycles. The Bertz CT molecular complexity index is 888. The monoisotopic (exact) mass is 340 g/mol. The zero-order valence-corrected chi connectivity index (χ0v) is 14.1. The Hall–Kier alpha value is -2.66. The van der Waals surface area contributed by atoms with Crippen LogP contribution in [0.15, 0.2) is 54.7 Å². The molecule has 0 aliphatic rings. The Balaban J connectivity index is 1.53. The van der Waals surface area contributed by atoms with E-state index in [2.05, 4.69) is 5.32 Å². The molecule has 3 rings (SSSR count). The van der Waals surface area contributed by atoms with Gasteiger partial charge in [-0.3, -0.25) is 4.79 Å². The summed E-state index contributed by atoms with van der Waals surface area (Å²) in [6.45, 7) is 0.133. The van der Waals surface area contributed by atoms with Crippen LogP contribution >= 0.6 is 0 Å². The van der Waals surface area contributed by atoms with E-state index in [9.17, 15) is 14.3 Å². The van der Waals surface area contributed by atoms with Gasteiger partial charge in [0.15, 0.2) is 0 Å². The minimum atomic E-state index is -0.776. The average molecular weight is 340 g/mol. The predicted octanol–water partition coefficient (Wildman–Crippen LogP) is 3.10. The number of aryl methyl sites for hydroxylation is 2. The highest BCUT2D eigenvalue weighted by molar-refractivity contribution is 5.81. The molecule has 0 aliphatic carbocycles. The van der Waals surface area contributed by atoms with Crippen molar-refractivity contribution in [3.8, 4) is 0 Å². The number of aliphatic hydroxyl groups is 1. The molecule has 0 spiro atoms. The zero-order valence-electron chi connectivity index (χ0n) is 14.1. The molecule has 25 heavy (non-hydrogen) atoms. The van der Waals surface area contributed by atoms with Crippen molar-refractivity contribution < 1.29 is 14.3 Å². The first-order valence-electron chi connectivity index (χ1n) is 8.28. The molecule has 1 amide bonds. The number of hydrogen-bond donors (Lipinski definition) is 2. The zero-order chi connectivity index (χ0) is 17.8. The standard InChI is InChI=1S/C20H21FN2O2/c1-23-11-10-15-12-16(6-8-18(15)23)19(24)13-22-20(25)9-7-14-4-2-3-5-17(14)21/h2-6,8,10-12,19,24H,7,9,13H2,1H3,(H,22,25). The van der Waals surface area contributed by atoms with Gasteiger partial charge in [0.25, 0.3) is 0 Å². The van der Waals surface area contributed by atoms with E-state index in [0.29, 0.717) is 12.0 Å². The van der Waals surface area contributed by atoms with Crippen LogP contribution in [0.4, 0.5) is 4.39 Å². The first kappa shape index (κ1) is 17.2. The van der Waals surface area contributed by atoms with Crippen LogP contribution in [0.2, 0.25) is 0 Å². The second-order valence-corrected chi connectivity index (χ2v) is 6.16. The van der Waals surface area contributed by atoms with Gasteiger partial charge in [-0.1, -0.05) is 24.3 Å². The molecule has 1 unspecified atom stereocenters. The Morgan fingerprint density at radius 2 is 2.04 bits per heavy atom. The van der Waals surface area contributed by atoms with E-state index in [1.54, 1.807) is 18.2 Å². The number of hydrogen-bond acceptors (Lipinski definition) is 2. The van der Waals surface area contributed by atoms with Crippen LogP contribution in [-0.4, -0.2) is 22.1 Å². The van der Waals surface area contributed by atoms with Crippen LogP contribution < -0.4 is 5.32 Å². The minimum absolute atomic E-state index is 0.133. The molecule has 0 bridgehead atoms. The fourth-order valence-corrected chi connectivity index (χ4v) is 2.87. The Morgan fingerprint density at radius 3 is 2.84 bits per heavy atom. The number of aromatic nitrogens is 1. The van der Waals surface area contributed by atoms with Crippen LogP contribution in [0.1, 0.15) is 23.7 Å². The molecule has 2 N–H and O–H groups in total. The fourth-order valence-electron chi connectivity index (χ4n) is 2.87. The second-order valence-electron chi connectivity index (χ2n) is 6.16. The molecule has 1 aromatic heterocycles. The van der Waals surface area contributed by atoms with Crippen molar-refractivity contribution in [2.75, 3.05) is 6.54 Å². The molecule has 130 valence electrons. The summed E-state index contributed by atoms with van der Waals surface area (Å²) in [7, 11) is 1.97. The van der Waals surface area contributed by atoms with E-state index in [0.717, 1.165) is 16.5 Å². The molecule has 3 aromatic rings. The van der Waals surface area contributed by atoms with Crippen molar-refractivity contribution in [3.63, 3.8) is 0 Å². The molecular formula is C20H21FN2O2. The van der Waals surface area contributed by atoms with Crippen LogP contribution in [0.3, 0.4) is 0 Å². The molecule has 0 aliphatic heterocycles. The maximum atomic E-state index is 13.5. The van der Waals surface area contributed by atoms with Crippen LogP contribution in [-0.2, 0) is 18.3 Å². The topological polar surface area (TPSA) is 54.3 Å². The number of carbonyl (C=O) groups is 1.